The van der Waals surface area contributed by atoms with Crippen LogP contribution in [0.25, 0.3) is 0 Å². The summed E-state index contributed by atoms with van der Waals surface area (Å²) in [6.07, 6.45) is 2.45. The van der Waals surface area contributed by atoms with E-state index in [2.05, 4.69) is 18.4 Å². The molecule has 0 aliphatic rings. The van der Waals surface area contributed by atoms with Gasteiger partial charge in [-0.25, -0.2) is 0 Å². The second-order valence-corrected chi connectivity index (χ2v) is 4.19. The fraction of sp³-hybridized carbons (Fsp3) is 0.385. The number of aliphatic hydroxyl groups is 1. The SMILES string of the molecule is CC(C)n1c(CO)ccc1Cc1ccco1. The molecule has 3 nitrogen and oxygen atoms in total. The Morgan fingerprint density at radius 1 is 1.25 bits per heavy atom. The summed E-state index contributed by atoms with van der Waals surface area (Å²) in [5, 5.41) is 9.26. The largest absolute Gasteiger partial charge is 0.469 e. The first-order valence-corrected chi connectivity index (χ1v) is 5.54. The normalized spacial score (nSPS) is 11.2. The van der Waals surface area contributed by atoms with Gasteiger partial charge in [0.1, 0.15) is 5.76 Å². The van der Waals surface area contributed by atoms with Gasteiger partial charge in [-0.2, -0.15) is 0 Å². The van der Waals surface area contributed by atoms with E-state index in [1.807, 2.05) is 24.3 Å². The molecular weight excluding hydrogens is 202 g/mol. The summed E-state index contributed by atoms with van der Waals surface area (Å²) < 4.78 is 7.49. The zero-order valence-corrected chi connectivity index (χ0v) is 9.68. The number of aromatic nitrogens is 1. The number of hydrogen-bond donors (Lipinski definition) is 1. The number of furan rings is 1. The van der Waals surface area contributed by atoms with Crippen LogP contribution in [-0.4, -0.2) is 9.67 Å². The maximum atomic E-state index is 9.26. The molecule has 2 aromatic rings. The van der Waals surface area contributed by atoms with Gasteiger partial charge >= 0.3 is 0 Å². The molecular formula is C13H17NO2. The molecule has 0 amide bonds. The molecule has 2 aromatic heterocycles. The monoisotopic (exact) mass is 219 g/mol. The van der Waals surface area contributed by atoms with E-state index in [4.69, 9.17) is 4.42 Å². The first-order valence-electron chi connectivity index (χ1n) is 5.54. The topological polar surface area (TPSA) is 38.3 Å². The second-order valence-electron chi connectivity index (χ2n) is 4.19. The predicted molar refractivity (Wildman–Crippen MR) is 62.3 cm³/mol. The number of nitrogens with zero attached hydrogens (tertiary/aromatic N) is 1. The summed E-state index contributed by atoms with van der Waals surface area (Å²) in [6.45, 7) is 4.31. The first-order chi connectivity index (χ1) is 7.72. The van der Waals surface area contributed by atoms with Crippen LogP contribution < -0.4 is 0 Å². The Balaban J connectivity index is 2.30. The predicted octanol–water partition coefficient (Wildman–Crippen LogP) is 2.75. The van der Waals surface area contributed by atoms with E-state index >= 15 is 0 Å². The highest BCUT2D eigenvalue weighted by atomic mass is 16.3. The van der Waals surface area contributed by atoms with Crippen LogP contribution >= 0.6 is 0 Å². The molecule has 0 radical (unpaired) electrons. The minimum absolute atomic E-state index is 0.0797. The molecule has 0 aromatic carbocycles. The molecule has 0 aliphatic carbocycles. The molecule has 0 atom stereocenters. The Hall–Kier alpha value is -1.48. The van der Waals surface area contributed by atoms with E-state index < -0.39 is 0 Å². The van der Waals surface area contributed by atoms with Gasteiger partial charge in [0.25, 0.3) is 0 Å². The zero-order chi connectivity index (χ0) is 11.5. The zero-order valence-electron chi connectivity index (χ0n) is 9.68. The van der Waals surface area contributed by atoms with Crippen LogP contribution in [-0.2, 0) is 13.0 Å². The lowest BCUT2D eigenvalue weighted by atomic mass is 10.2. The summed E-state index contributed by atoms with van der Waals surface area (Å²) in [5.41, 5.74) is 2.13. The average Bonchev–Trinajstić information content (AvgIpc) is 2.87. The van der Waals surface area contributed by atoms with E-state index in [1.165, 1.54) is 5.69 Å². The number of hydrogen-bond acceptors (Lipinski definition) is 2. The van der Waals surface area contributed by atoms with Crippen molar-refractivity contribution in [2.24, 2.45) is 0 Å². The van der Waals surface area contributed by atoms with Crippen LogP contribution in [0.2, 0.25) is 0 Å². The lowest BCUT2D eigenvalue weighted by Crippen LogP contribution is -2.09. The lowest BCUT2D eigenvalue weighted by Gasteiger charge is -2.15. The standard InChI is InChI=1S/C13H17NO2/c1-10(2)14-11(5-6-12(14)9-15)8-13-4-3-7-16-13/h3-7,10,15H,8-9H2,1-2H3. The van der Waals surface area contributed by atoms with Crippen molar-refractivity contribution in [2.45, 2.75) is 32.9 Å². The Morgan fingerprint density at radius 3 is 2.56 bits per heavy atom. The third-order valence-electron chi connectivity index (χ3n) is 2.70. The summed E-state index contributed by atoms with van der Waals surface area (Å²) in [6, 6.07) is 8.23. The van der Waals surface area contributed by atoms with Gasteiger partial charge in [0.05, 0.1) is 12.9 Å². The van der Waals surface area contributed by atoms with Crippen LogP contribution in [0, 0.1) is 0 Å². The van der Waals surface area contributed by atoms with Gasteiger partial charge in [0.2, 0.25) is 0 Å². The molecule has 3 heteroatoms. The Bertz CT molecular complexity index is 440. The van der Waals surface area contributed by atoms with Crippen molar-refractivity contribution >= 4 is 0 Å². The highest BCUT2D eigenvalue weighted by molar-refractivity contribution is 5.21. The molecule has 2 heterocycles. The van der Waals surface area contributed by atoms with Crippen molar-refractivity contribution in [3.8, 4) is 0 Å². The van der Waals surface area contributed by atoms with E-state index in [0.29, 0.717) is 6.04 Å². The highest BCUT2D eigenvalue weighted by Crippen LogP contribution is 2.19. The summed E-state index contributed by atoms with van der Waals surface area (Å²) in [5.74, 6) is 0.949. The van der Waals surface area contributed by atoms with Gasteiger partial charge in [0.15, 0.2) is 0 Å². The van der Waals surface area contributed by atoms with E-state index in [-0.39, 0.29) is 6.61 Å². The van der Waals surface area contributed by atoms with Gasteiger partial charge in [-0.1, -0.05) is 0 Å². The fourth-order valence-electron chi connectivity index (χ4n) is 2.07. The van der Waals surface area contributed by atoms with Crippen LogP contribution in [0.1, 0.15) is 37.0 Å². The smallest absolute Gasteiger partial charge is 0.109 e. The van der Waals surface area contributed by atoms with Crippen molar-refractivity contribution in [1.82, 2.24) is 4.57 Å². The van der Waals surface area contributed by atoms with Gasteiger partial charge in [-0.05, 0) is 38.1 Å². The quantitative estimate of drug-likeness (QED) is 0.858. The van der Waals surface area contributed by atoms with E-state index in [1.54, 1.807) is 6.26 Å². The molecule has 2 rings (SSSR count). The van der Waals surface area contributed by atoms with Crippen LogP contribution in [0.3, 0.4) is 0 Å². The van der Waals surface area contributed by atoms with Crippen molar-refractivity contribution in [3.05, 3.63) is 47.7 Å². The second kappa shape index (κ2) is 4.58. The molecule has 16 heavy (non-hydrogen) atoms. The van der Waals surface area contributed by atoms with Crippen molar-refractivity contribution < 1.29 is 9.52 Å². The average molecular weight is 219 g/mol. The minimum atomic E-state index is 0.0797. The first kappa shape index (κ1) is 11.0. The lowest BCUT2D eigenvalue weighted by molar-refractivity contribution is 0.267. The van der Waals surface area contributed by atoms with Crippen molar-refractivity contribution in [2.75, 3.05) is 0 Å². The molecule has 0 bridgehead atoms. The molecule has 0 unspecified atom stereocenters. The molecule has 86 valence electrons. The summed E-state index contributed by atoms with van der Waals surface area (Å²) in [4.78, 5) is 0. The van der Waals surface area contributed by atoms with Crippen molar-refractivity contribution in [3.63, 3.8) is 0 Å². The van der Waals surface area contributed by atoms with Crippen molar-refractivity contribution in [1.29, 1.82) is 0 Å². The Kier molecular flexibility index (Phi) is 3.15. The molecule has 0 spiro atoms. The minimum Gasteiger partial charge on any atom is -0.469 e. The molecule has 0 aliphatic heterocycles. The number of rotatable bonds is 4. The Morgan fingerprint density at radius 2 is 2.00 bits per heavy atom. The molecule has 0 saturated carbocycles. The van der Waals surface area contributed by atoms with Gasteiger partial charge in [-0.15, -0.1) is 0 Å². The van der Waals surface area contributed by atoms with Crippen LogP contribution in [0.4, 0.5) is 0 Å². The summed E-state index contributed by atoms with van der Waals surface area (Å²) >= 11 is 0. The highest BCUT2D eigenvalue weighted by Gasteiger charge is 2.11. The third-order valence-corrected chi connectivity index (χ3v) is 2.70. The van der Waals surface area contributed by atoms with Gasteiger partial charge < -0.3 is 14.1 Å². The third kappa shape index (κ3) is 2.04. The van der Waals surface area contributed by atoms with E-state index in [9.17, 15) is 5.11 Å². The van der Waals surface area contributed by atoms with Crippen LogP contribution in [0.15, 0.2) is 34.9 Å². The fourth-order valence-corrected chi connectivity index (χ4v) is 2.07. The Labute approximate surface area is 95.3 Å². The molecule has 0 saturated heterocycles. The maximum Gasteiger partial charge on any atom is 0.109 e. The maximum absolute atomic E-state index is 9.26. The number of aliphatic hydroxyl groups excluding tert-OH is 1. The van der Waals surface area contributed by atoms with Gasteiger partial charge in [-0.3, -0.25) is 0 Å². The summed E-state index contributed by atoms with van der Waals surface area (Å²) in [7, 11) is 0. The van der Waals surface area contributed by atoms with Crippen LogP contribution in [0.5, 0.6) is 0 Å². The van der Waals surface area contributed by atoms with E-state index in [0.717, 1.165) is 17.9 Å². The van der Waals surface area contributed by atoms with Gasteiger partial charge in [0, 0.05) is 23.9 Å². The molecule has 1 N–H and O–H groups in total. The molecule has 0 fully saturated rings.